The third kappa shape index (κ3) is 5.09. The van der Waals surface area contributed by atoms with E-state index in [-0.39, 0.29) is 18.1 Å². The van der Waals surface area contributed by atoms with Gasteiger partial charge in [-0.3, -0.25) is 4.79 Å². The van der Waals surface area contributed by atoms with Gasteiger partial charge in [-0.1, -0.05) is 26.0 Å². The summed E-state index contributed by atoms with van der Waals surface area (Å²) in [7, 11) is 2.98. The van der Waals surface area contributed by atoms with E-state index in [1.807, 2.05) is 38.1 Å². The van der Waals surface area contributed by atoms with E-state index in [1.54, 1.807) is 7.11 Å². The molecule has 1 unspecified atom stereocenters. The molecule has 0 saturated heterocycles. The minimum absolute atomic E-state index is 0.199. The predicted octanol–water partition coefficient (Wildman–Crippen LogP) is 2.00. The van der Waals surface area contributed by atoms with E-state index in [2.05, 4.69) is 5.32 Å². The topological polar surface area (TPSA) is 56.8 Å². The first-order valence-corrected chi connectivity index (χ1v) is 6.68. The zero-order chi connectivity index (χ0) is 15.0. The van der Waals surface area contributed by atoms with Crippen molar-refractivity contribution in [1.82, 2.24) is 5.32 Å². The monoisotopic (exact) mass is 281 g/mol. The van der Waals surface area contributed by atoms with Gasteiger partial charge in [0.25, 0.3) is 0 Å². The quantitative estimate of drug-likeness (QED) is 0.739. The average molecular weight is 281 g/mol. The summed E-state index contributed by atoms with van der Waals surface area (Å²) in [6.45, 7) is 4.37. The summed E-state index contributed by atoms with van der Waals surface area (Å²) >= 11 is 0. The molecule has 112 valence electrons. The SMILES string of the molecule is COC(=O)C(CCOc1ccccc1OC)NC(C)C. The molecule has 1 atom stereocenters. The van der Waals surface area contributed by atoms with Crippen LogP contribution < -0.4 is 14.8 Å². The number of methoxy groups -OCH3 is 2. The molecule has 0 aliphatic rings. The molecule has 0 aliphatic carbocycles. The van der Waals surface area contributed by atoms with E-state index in [0.29, 0.717) is 24.5 Å². The predicted molar refractivity (Wildman–Crippen MR) is 77.2 cm³/mol. The molecule has 1 aromatic rings. The number of carbonyl (C=O) groups is 1. The Labute approximate surface area is 120 Å². The van der Waals surface area contributed by atoms with Gasteiger partial charge in [0.05, 0.1) is 20.8 Å². The van der Waals surface area contributed by atoms with Gasteiger partial charge in [-0.2, -0.15) is 0 Å². The number of hydrogen-bond donors (Lipinski definition) is 1. The van der Waals surface area contributed by atoms with Gasteiger partial charge in [0.1, 0.15) is 6.04 Å². The zero-order valence-corrected chi connectivity index (χ0v) is 12.5. The first-order chi connectivity index (χ1) is 9.58. The van der Waals surface area contributed by atoms with Crippen molar-refractivity contribution in [1.29, 1.82) is 0 Å². The second kappa shape index (κ2) is 8.43. The van der Waals surface area contributed by atoms with Gasteiger partial charge in [0.15, 0.2) is 11.5 Å². The molecule has 0 aromatic heterocycles. The van der Waals surface area contributed by atoms with Crippen molar-refractivity contribution in [3.05, 3.63) is 24.3 Å². The number of carbonyl (C=O) groups excluding carboxylic acids is 1. The van der Waals surface area contributed by atoms with E-state index >= 15 is 0 Å². The minimum Gasteiger partial charge on any atom is -0.493 e. The average Bonchev–Trinajstić information content (AvgIpc) is 2.45. The van der Waals surface area contributed by atoms with Crippen LogP contribution in [0.5, 0.6) is 11.5 Å². The summed E-state index contributed by atoms with van der Waals surface area (Å²) in [6.07, 6.45) is 0.531. The van der Waals surface area contributed by atoms with Crippen LogP contribution in [0.15, 0.2) is 24.3 Å². The smallest absolute Gasteiger partial charge is 0.322 e. The van der Waals surface area contributed by atoms with Gasteiger partial charge >= 0.3 is 5.97 Å². The number of rotatable bonds is 8. The lowest BCUT2D eigenvalue weighted by Gasteiger charge is -2.19. The van der Waals surface area contributed by atoms with Crippen molar-refractivity contribution >= 4 is 5.97 Å². The van der Waals surface area contributed by atoms with Crippen LogP contribution in [0.1, 0.15) is 20.3 Å². The normalized spacial score (nSPS) is 12.1. The zero-order valence-electron chi connectivity index (χ0n) is 12.5. The molecule has 1 aromatic carbocycles. The van der Waals surface area contributed by atoms with Crippen LogP contribution in [0.25, 0.3) is 0 Å². The maximum absolute atomic E-state index is 11.6. The molecule has 0 radical (unpaired) electrons. The van der Waals surface area contributed by atoms with Gasteiger partial charge < -0.3 is 19.5 Å². The van der Waals surface area contributed by atoms with Crippen molar-refractivity contribution in [3.63, 3.8) is 0 Å². The Hall–Kier alpha value is -1.75. The largest absolute Gasteiger partial charge is 0.493 e. The van der Waals surface area contributed by atoms with E-state index in [0.717, 1.165) is 0 Å². The van der Waals surface area contributed by atoms with Crippen LogP contribution in [0.4, 0.5) is 0 Å². The maximum Gasteiger partial charge on any atom is 0.322 e. The van der Waals surface area contributed by atoms with Crippen LogP contribution in [-0.2, 0) is 9.53 Å². The van der Waals surface area contributed by atoms with Crippen molar-refractivity contribution < 1.29 is 19.0 Å². The van der Waals surface area contributed by atoms with Crippen LogP contribution in [0, 0.1) is 0 Å². The Balaban J connectivity index is 2.53. The molecule has 0 spiro atoms. The van der Waals surface area contributed by atoms with Gasteiger partial charge in [-0.05, 0) is 12.1 Å². The van der Waals surface area contributed by atoms with E-state index in [1.165, 1.54) is 7.11 Å². The lowest BCUT2D eigenvalue weighted by Crippen LogP contribution is -2.42. The molecule has 20 heavy (non-hydrogen) atoms. The molecule has 5 nitrogen and oxygen atoms in total. The molecular formula is C15H23NO4. The summed E-state index contributed by atoms with van der Waals surface area (Å²) in [5, 5.41) is 3.16. The lowest BCUT2D eigenvalue weighted by atomic mass is 10.2. The van der Waals surface area contributed by atoms with Gasteiger partial charge in [-0.25, -0.2) is 0 Å². The summed E-state index contributed by atoms with van der Waals surface area (Å²) in [6, 6.07) is 7.26. The number of benzene rings is 1. The molecular weight excluding hydrogens is 258 g/mol. The second-order valence-corrected chi connectivity index (χ2v) is 4.69. The van der Waals surface area contributed by atoms with Crippen LogP contribution in [0.3, 0.4) is 0 Å². The van der Waals surface area contributed by atoms with Gasteiger partial charge in [0.2, 0.25) is 0 Å². The summed E-state index contributed by atoms with van der Waals surface area (Å²) in [5.74, 6) is 1.07. The van der Waals surface area contributed by atoms with Crippen molar-refractivity contribution in [2.75, 3.05) is 20.8 Å². The lowest BCUT2D eigenvalue weighted by molar-refractivity contribution is -0.143. The molecule has 0 heterocycles. The van der Waals surface area contributed by atoms with E-state index in [4.69, 9.17) is 14.2 Å². The van der Waals surface area contributed by atoms with Crippen molar-refractivity contribution in [2.24, 2.45) is 0 Å². The number of para-hydroxylation sites is 2. The van der Waals surface area contributed by atoms with Crippen LogP contribution >= 0.6 is 0 Å². The van der Waals surface area contributed by atoms with Gasteiger partial charge in [-0.15, -0.1) is 0 Å². The third-order valence-electron chi connectivity index (χ3n) is 2.75. The number of esters is 1. The van der Waals surface area contributed by atoms with E-state index in [9.17, 15) is 4.79 Å². The minimum atomic E-state index is -0.366. The first-order valence-electron chi connectivity index (χ1n) is 6.68. The van der Waals surface area contributed by atoms with Crippen LogP contribution in [-0.4, -0.2) is 38.9 Å². The number of nitrogens with one attached hydrogen (secondary N) is 1. The fourth-order valence-corrected chi connectivity index (χ4v) is 1.84. The number of ether oxygens (including phenoxy) is 3. The molecule has 1 rings (SSSR count). The molecule has 1 N–H and O–H groups in total. The molecule has 5 heteroatoms. The first kappa shape index (κ1) is 16.3. The van der Waals surface area contributed by atoms with Crippen molar-refractivity contribution in [2.45, 2.75) is 32.4 Å². The molecule has 0 amide bonds. The van der Waals surface area contributed by atoms with E-state index < -0.39 is 0 Å². The Kier molecular flexibility index (Phi) is 6.87. The maximum atomic E-state index is 11.6. The van der Waals surface area contributed by atoms with Crippen LogP contribution in [0.2, 0.25) is 0 Å². The standard InChI is InChI=1S/C15H23NO4/c1-11(2)16-12(15(17)19-4)9-10-20-14-8-6-5-7-13(14)18-3/h5-8,11-12,16H,9-10H2,1-4H3. The Morgan fingerprint density at radius 3 is 2.40 bits per heavy atom. The Morgan fingerprint density at radius 2 is 1.85 bits per heavy atom. The molecule has 0 aliphatic heterocycles. The Morgan fingerprint density at radius 1 is 1.20 bits per heavy atom. The molecule has 0 saturated carbocycles. The molecule has 0 bridgehead atoms. The van der Waals surface area contributed by atoms with Crippen molar-refractivity contribution in [3.8, 4) is 11.5 Å². The summed E-state index contributed by atoms with van der Waals surface area (Å²) < 4.78 is 15.6. The highest BCUT2D eigenvalue weighted by Gasteiger charge is 2.19. The summed E-state index contributed by atoms with van der Waals surface area (Å²) in [5.41, 5.74) is 0. The highest BCUT2D eigenvalue weighted by Crippen LogP contribution is 2.25. The number of hydrogen-bond acceptors (Lipinski definition) is 5. The molecule has 0 fully saturated rings. The van der Waals surface area contributed by atoms with Gasteiger partial charge in [0, 0.05) is 12.5 Å². The third-order valence-corrected chi connectivity index (χ3v) is 2.75. The summed E-state index contributed by atoms with van der Waals surface area (Å²) in [4.78, 5) is 11.6. The fraction of sp³-hybridized carbons (Fsp3) is 0.533. The highest BCUT2D eigenvalue weighted by atomic mass is 16.5. The highest BCUT2D eigenvalue weighted by molar-refractivity contribution is 5.75. The second-order valence-electron chi connectivity index (χ2n) is 4.69. The Bertz CT molecular complexity index is 420. The fourth-order valence-electron chi connectivity index (χ4n) is 1.84.